The van der Waals surface area contributed by atoms with Crippen LogP contribution in [0.3, 0.4) is 0 Å². The Morgan fingerprint density at radius 2 is 1.92 bits per heavy atom. The summed E-state index contributed by atoms with van der Waals surface area (Å²) in [6, 6.07) is 16.2. The molecule has 1 aliphatic heterocycles. The first-order valence-electron chi connectivity index (χ1n) is 8.28. The fourth-order valence-corrected chi connectivity index (χ4v) is 4.00. The Morgan fingerprint density at radius 3 is 2.62 bits per heavy atom. The molecule has 1 heterocycles. The Hall–Kier alpha value is -1.40. The maximum atomic E-state index is 12.6. The minimum atomic E-state index is -0.0405. The molecule has 1 aliphatic rings. The predicted octanol–water partition coefficient (Wildman–Crippen LogP) is 4.08. The molecular formula is C20H22INO2. The van der Waals surface area contributed by atoms with Gasteiger partial charge in [0.25, 0.3) is 5.91 Å². The number of aryl methyl sites for hydroxylation is 1. The second kappa shape index (κ2) is 7.66. The van der Waals surface area contributed by atoms with Gasteiger partial charge in [0.05, 0.1) is 0 Å². The van der Waals surface area contributed by atoms with Gasteiger partial charge in [-0.3, -0.25) is 4.79 Å². The molecule has 24 heavy (non-hydrogen) atoms. The SMILES string of the molecule is Cc1ccccc1C1(CNC(=O)c2cccc(I)c2)CCOCC1. The number of hydrogen-bond acceptors (Lipinski definition) is 2. The molecule has 0 unspecified atom stereocenters. The molecule has 0 bridgehead atoms. The molecule has 0 aliphatic carbocycles. The van der Waals surface area contributed by atoms with Crippen LogP contribution >= 0.6 is 22.6 Å². The summed E-state index contributed by atoms with van der Waals surface area (Å²) >= 11 is 2.23. The molecule has 126 valence electrons. The van der Waals surface area contributed by atoms with Gasteiger partial charge >= 0.3 is 0 Å². The molecule has 0 atom stereocenters. The second-order valence-corrected chi connectivity index (χ2v) is 7.65. The van der Waals surface area contributed by atoms with Crippen molar-refractivity contribution in [3.8, 4) is 0 Å². The minimum absolute atomic E-state index is 0.00651. The van der Waals surface area contributed by atoms with Crippen LogP contribution in [0.2, 0.25) is 0 Å². The van der Waals surface area contributed by atoms with Crippen molar-refractivity contribution in [1.82, 2.24) is 5.32 Å². The highest BCUT2D eigenvalue weighted by molar-refractivity contribution is 14.1. The lowest BCUT2D eigenvalue weighted by Crippen LogP contribution is -2.45. The standard InChI is InChI=1S/C20H22INO2/c1-15-5-2-3-8-18(15)20(9-11-24-12-10-20)14-22-19(23)16-6-4-7-17(21)13-16/h2-8,13H,9-12,14H2,1H3,(H,22,23). The van der Waals surface area contributed by atoms with Gasteiger partial charge in [0.1, 0.15) is 0 Å². The number of amides is 1. The van der Waals surface area contributed by atoms with Gasteiger partial charge in [-0.25, -0.2) is 0 Å². The van der Waals surface area contributed by atoms with Crippen LogP contribution in [0.4, 0.5) is 0 Å². The molecule has 1 N–H and O–H groups in total. The number of rotatable bonds is 4. The van der Waals surface area contributed by atoms with E-state index in [1.165, 1.54) is 11.1 Å². The third-order valence-electron chi connectivity index (χ3n) is 4.84. The lowest BCUT2D eigenvalue weighted by Gasteiger charge is -2.39. The van der Waals surface area contributed by atoms with Gasteiger partial charge in [0, 0.05) is 34.3 Å². The van der Waals surface area contributed by atoms with Crippen LogP contribution in [0, 0.1) is 10.5 Å². The molecule has 0 spiro atoms. The first-order valence-corrected chi connectivity index (χ1v) is 9.36. The van der Waals surface area contributed by atoms with Crippen LogP contribution < -0.4 is 5.32 Å². The van der Waals surface area contributed by atoms with Crippen LogP contribution in [0.1, 0.15) is 34.3 Å². The van der Waals surface area contributed by atoms with Crippen molar-refractivity contribution in [2.45, 2.75) is 25.2 Å². The third kappa shape index (κ3) is 3.81. The number of ether oxygens (including phenoxy) is 1. The molecule has 1 saturated heterocycles. The average molecular weight is 435 g/mol. The summed E-state index contributed by atoms with van der Waals surface area (Å²) in [7, 11) is 0. The molecule has 0 saturated carbocycles. The van der Waals surface area contributed by atoms with E-state index in [0.717, 1.165) is 29.6 Å². The van der Waals surface area contributed by atoms with E-state index >= 15 is 0 Å². The van der Waals surface area contributed by atoms with Crippen molar-refractivity contribution < 1.29 is 9.53 Å². The molecule has 4 heteroatoms. The average Bonchev–Trinajstić information content (AvgIpc) is 2.61. The Balaban J connectivity index is 1.81. The normalized spacial score (nSPS) is 16.6. The smallest absolute Gasteiger partial charge is 0.251 e. The van der Waals surface area contributed by atoms with Crippen molar-refractivity contribution >= 4 is 28.5 Å². The maximum Gasteiger partial charge on any atom is 0.251 e. The Kier molecular flexibility index (Phi) is 5.56. The first-order chi connectivity index (χ1) is 11.6. The van der Waals surface area contributed by atoms with E-state index in [9.17, 15) is 4.79 Å². The van der Waals surface area contributed by atoms with E-state index in [0.29, 0.717) is 12.1 Å². The van der Waals surface area contributed by atoms with Gasteiger partial charge in [-0.05, 0) is 71.7 Å². The number of hydrogen-bond donors (Lipinski definition) is 1. The van der Waals surface area contributed by atoms with Crippen molar-refractivity contribution in [3.05, 3.63) is 68.8 Å². The van der Waals surface area contributed by atoms with E-state index in [-0.39, 0.29) is 11.3 Å². The van der Waals surface area contributed by atoms with Gasteiger partial charge in [0.2, 0.25) is 0 Å². The molecule has 3 rings (SSSR count). The Morgan fingerprint density at radius 1 is 1.17 bits per heavy atom. The van der Waals surface area contributed by atoms with E-state index in [4.69, 9.17) is 4.74 Å². The number of carbonyl (C=O) groups is 1. The minimum Gasteiger partial charge on any atom is -0.381 e. The third-order valence-corrected chi connectivity index (χ3v) is 5.51. The molecule has 0 radical (unpaired) electrons. The van der Waals surface area contributed by atoms with Crippen LogP contribution in [0.25, 0.3) is 0 Å². The number of halogens is 1. The highest BCUT2D eigenvalue weighted by atomic mass is 127. The van der Waals surface area contributed by atoms with Gasteiger partial charge in [-0.15, -0.1) is 0 Å². The molecule has 0 aromatic heterocycles. The first kappa shape index (κ1) is 17.4. The number of carbonyl (C=O) groups excluding carboxylic acids is 1. The summed E-state index contributed by atoms with van der Waals surface area (Å²) in [5, 5.41) is 3.16. The molecule has 1 fully saturated rings. The van der Waals surface area contributed by atoms with Crippen LogP contribution in [-0.4, -0.2) is 25.7 Å². The van der Waals surface area contributed by atoms with Crippen LogP contribution in [0.5, 0.6) is 0 Å². The number of nitrogens with one attached hydrogen (secondary N) is 1. The van der Waals surface area contributed by atoms with Crippen molar-refractivity contribution in [2.75, 3.05) is 19.8 Å². The summed E-state index contributed by atoms with van der Waals surface area (Å²) in [6.07, 6.45) is 1.87. The van der Waals surface area contributed by atoms with Gasteiger partial charge in [0.15, 0.2) is 0 Å². The quantitative estimate of drug-likeness (QED) is 0.736. The highest BCUT2D eigenvalue weighted by Gasteiger charge is 2.35. The zero-order valence-electron chi connectivity index (χ0n) is 13.8. The predicted molar refractivity (Wildman–Crippen MR) is 104 cm³/mol. The fraction of sp³-hybridized carbons (Fsp3) is 0.350. The van der Waals surface area contributed by atoms with Crippen molar-refractivity contribution in [1.29, 1.82) is 0 Å². The summed E-state index contributed by atoms with van der Waals surface area (Å²) < 4.78 is 6.65. The summed E-state index contributed by atoms with van der Waals surface area (Å²) in [5.41, 5.74) is 3.29. The van der Waals surface area contributed by atoms with E-state index in [2.05, 4.69) is 59.1 Å². The fourth-order valence-electron chi connectivity index (χ4n) is 3.45. The lowest BCUT2D eigenvalue weighted by molar-refractivity contribution is 0.0485. The summed E-state index contributed by atoms with van der Waals surface area (Å²) in [4.78, 5) is 12.6. The summed E-state index contributed by atoms with van der Waals surface area (Å²) in [5.74, 6) is -0.00651. The zero-order valence-corrected chi connectivity index (χ0v) is 16.0. The van der Waals surface area contributed by atoms with Crippen LogP contribution in [-0.2, 0) is 10.2 Å². The van der Waals surface area contributed by atoms with E-state index in [1.54, 1.807) is 0 Å². The van der Waals surface area contributed by atoms with Crippen molar-refractivity contribution in [3.63, 3.8) is 0 Å². The van der Waals surface area contributed by atoms with Gasteiger partial charge < -0.3 is 10.1 Å². The second-order valence-electron chi connectivity index (χ2n) is 6.40. The Bertz CT molecular complexity index is 723. The largest absolute Gasteiger partial charge is 0.381 e. The van der Waals surface area contributed by atoms with E-state index < -0.39 is 0 Å². The molecule has 1 amide bonds. The molecule has 3 nitrogen and oxygen atoms in total. The topological polar surface area (TPSA) is 38.3 Å². The lowest BCUT2D eigenvalue weighted by atomic mass is 9.72. The maximum absolute atomic E-state index is 12.6. The number of benzene rings is 2. The summed E-state index contributed by atoms with van der Waals surface area (Å²) in [6.45, 7) is 4.28. The van der Waals surface area contributed by atoms with E-state index in [1.807, 2.05) is 24.3 Å². The molecular weight excluding hydrogens is 413 g/mol. The van der Waals surface area contributed by atoms with Crippen molar-refractivity contribution in [2.24, 2.45) is 0 Å². The monoisotopic (exact) mass is 435 g/mol. The van der Waals surface area contributed by atoms with Gasteiger partial charge in [-0.2, -0.15) is 0 Å². The van der Waals surface area contributed by atoms with Crippen LogP contribution in [0.15, 0.2) is 48.5 Å². The Labute approximate surface area is 156 Å². The highest BCUT2D eigenvalue weighted by Crippen LogP contribution is 2.36. The zero-order chi connectivity index (χ0) is 17.0. The molecule has 2 aromatic rings. The van der Waals surface area contributed by atoms with Gasteiger partial charge in [-0.1, -0.05) is 30.3 Å². The molecule has 2 aromatic carbocycles.